The van der Waals surface area contributed by atoms with Crippen LogP contribution >= 0.6 is 11.3 Å². The van der Waals surface area contributed by atoms with Gasteiger partial charge in [-0.05, 0) is 32.8 Å². The average molecular weight is 359 g/mol. The van der Waals surface area contributed by atoms with E-state index in [0.717, 1.165) is 24.3 Å². The van der Waals surface area contributed by atoms with Crippen molar-refractivity contribution in [3.05, 3.63) is 39.7 Å². The molecule has 2 atom stereocenters. The monoisotopic (exact) mass is 359 g/mol. The molecule has 5 heterocycles. The summed E-state index contributed by atoms with van der Waals surface area (Å²) in [6, 6.07) is 1.85. The highest BCUT2D eigenvalue weighted by atomic mass is 32.1. The Hall–Kier alpha value is -2.15. The molecule has 3 aliphatic rings. The lowest BCUT2D eigenvalue weighted by molar-refractivity contribution is -0.140. The number of aromatic nitrogens is 1. The normalized spacial score (nSPS) is 23.2. The molecule has 3 saturated heterocycles. The lowest BCUT2D eigenvalue weighted by atomic mass is 9.94. The molecular weight excluding hydrogens is 338 g/mol. The number of fused-ring (bicyclic) bond motifs is 4. The molecule has 0 spiro atoms. The van der Waals surface area contributed by atoms with Gasteiger partial charge in [0.2, 0.25) is 5.91 Å². The average Bonchev–Trinajstić information content (AvgIpc) is 3.11. The minimum absolute atomic E-state index is 0.0328. The highest BCUT2D eigenvalue weighted by Crippen LogP contribution is 2.31. The molecule has 0 saturated carbocycles. The number of hydrogen-bond donors (Lipinski definition) is 0. The van der Waals surface area contributed by atoms with E-state index >= 15 is 0 Å². The zero-order valence-corrected chi connectivity index (χ0v) is 15.2. The first kappa shape index (κ1) is 16.3. The summed E-state index contributed by atoms with van der Waals surface area (Å²) >= 11 is 1.54. The number of amides is 2. The molecule has 5 rings (SSSR count). The van der Waals surface area contributed by atoms with E-state index in [9.17, 15) is 9.59 Å². The molecule has 2 aromatic rings. The Balaban J connectivity index is 1.57. The zero-order chi connectivity index (χ0) is 17.6. The van der Waals surface area contributed by atoms with Crippen LogP contribution in [0.3, 0.4) is 0 Å². The Morgan fingerprint density at radius 1 is 1.36 bits per heavy atom. The zero-order valence-electron chi connectivity index (χ0n) is 14.4. The van der Waals surface area contributed by atoms with E-state index in [1.165, 1.54) is 11.3 Å². The SMILES string of the molecule is Cc1cc(C(=O)N2C[C@@H]3CC[C@H](C2)N(Cc2cscn2)C3=O)c(C)o1. The molecule has 0 N–H and O–H groups in total. The number of aryl methyl sites for hydroxylation is 2. The van der Waals surface area contributed by atoms with Crippen LogP contribution in [0.4, 0.5) is 0 Å². The van der Waals surface area contributed by atoms with Crippen LogP contribution in [-0.4, -0.2) is 45.7 Å². The molecule has 0 unspecified atom stereocenters. The van der Waals surface area contributed by atoms with Gasteiger partial charge in [-0.25, -0.2) is 4.98 Å². The lowest BCUT2D eigenvalue weighted by Gasteiger charge is -2.35. The van der Waals surface area contributed by atoms with Gasteiger partial charge < -0.3 is 14.2 Å². The van der Waals surface area contributed by atoms with Crippen LogP contribution in [0, 0.1) is 19.8 Å². The van der Waals surface area contributed by atoms with Gasteiger partial charge in [-0.2, -0.15) is 0 Å². The fraction of sp³-hybridized carbons (Fsp3) is 0.500. The van der Waals surface area contributed by atoms with Crippen molar-refractivity contribution < 1.29 is 14.0 Å². The quantitative estimate of drug-likeness (QED) is 0.845. The molecule has 3 aliphatic heterocycles. The molecule has 132 valence electrons. The third kappa shape index (κ3) is 2.97. The van der Waals surface area contributed by atoms with Gasteiger partial charge in [0.15, 0.2) is 0 Å². The summed E-state index contributed by atoms with van der Waals surface area (Å²) in [5, 5.41) is 1.98. The Morgan fingerprint density at radius 3 is 2.88 bits per heavy atom. The van der Waals surface area contributed by atoms with Crippen LogP contribution in [0.25, 0.3) is 0 Å². The molecule has 0 aliphatic carbocycles. The third-order valence-corrected chi connectivity index (χ3v) is 5.80. The molecule has 7 heteroatoms. The molecular formula is C18H21N3O3S. The number of furan rings is 1. The molecule has 0 aromatic carbocycles. The van der Waals surface area contributed by atoms with Crippen LogP contribution in [0.5, 0.6) is 0 Å². The predicted octanol–water partition coefficient (Wildman–Crippen LogP) is 2.62. The molecule has 6 nitrogen and oxygen atoms in total. The Labute approximate surface area is 150 Å². The van der Waals surface area contributed by atoms with E-state index in [1.807, 2.05) is 29.0 Å². The first-order valence-electron chi connectivity index (χ1n) is 8.57. The highest BCUT2D eigenvalue weighted by Gasteiger charge is 2.42. The second-order valence-corrected chi connectivity index (χ2v) is 7.63. The number of nitrogens with zero attached hydrogens (tertiary/aromatic N) is 3. The first-order chi connectivity index (χ1) is 12.0. The van der Waals surface area contributed by atoms with Crippen molar-refractivity contribution in [2.45, 2.75) is 39.3 Å². The molecule has 0 radical (unpaired) electrons. The first-order valence-corrected chi connectivity index (χ1v) is 9.51. The number of piperidine rings is 1. The molecule has 2 amide bonds. The minimum atomic E-state index is -0.116. The van der Waals surface area contributed by atoms with Gasteiger partial charge in [-0.1, -0.05) is 0 Å². The smallest absolute Gasteiger partial charge is 0.257 e. The number of rotatable bonds is 3. The van der Waals surface area contributed by atoms with E-state index in [0.29, 0.717) is 31.0 Å². The second kappa shape index (κ2) is 6.29. The largest absolute Gasteiger partial charge is 0.466 e. The number of carbonyl (C=O) groups is 2. The van der Waals surface area contributed by atoms with Crippen LogP contribution in [-0.2, 0) is 11.3 Å². The van der Waals surface area contributed by atoms with Crippen LogP contribution in [0.15, 0.2) is 21.4 Å². The van der Waals surface area contributed by atoms with Gasteiger partial charge in [-0.3, -0.25) is 9.59 Å². The van der Waals surface area contributed by atoms with Crippen LogP contribution in [0.2, 0.25) is 0 Å². The molecule has 25 heavy (non-hydrogen) atoms. The summed E-state index contributed by atoms with van der Waals surface area (Å²) in [7, 11) is 0. The standard InChI is InChI=1S/C18H21N3O3S/c1-11-5-16(12(2)24-11)18(23)20-6-13-3-4-15(8-20)21(17(13)22)7-14-9-25-10-19-14/h5,9-10,13,15H,3-4,6-8H2,1-2H3/t13-,15+/m0/s1. The second-order valence-electron chi connectivity index (χ2n) is 6.91. The summed E-state index contributed by atoms with van der Waals surface area (Å²) in [6.07, 6.45) is 1.79. The maximum absolute atomic E-state index is 13.0. The van der Waals surface area contributed by atoms with E-state index in [4.69, 9.17) is 4.42 Å². The van der Waals surface area contributed by atoms with E-state index in [1.54, 1.807) is 11.6 Å². The van der Waals surface area contributed by atoms with Gasteiger partial charge in [0.05, 0.1) is 29.2 Å². The molecule has 3 fully saturated rings. The van der Waals surface area contributed by atoms with Gasteiger partial charge in [-0.15, -0.1) is 11.3 Å². The Morgan fingerprint density at radius 2 is 2.20 bits per heavy atom. The van der Waals surface area contributed by atoms with Gasteiger partial charge in [0.25, 0.3) is 5.91 Å². The fourth-order valence-electron chi connectivity index (χ4n) is 3.92. The lowest BCUT2D eigenvalue weighted by Crippen LogP contribution is -2.47. The van der Waals surface area contributed by atoms with E-state index < -0.39 is 0 Å². The Bertz CT molecular complexity index is 799. The summed E-state index contributed by atoms with van der Waals surface area (Å²) < 4.78 is 5.51. The van der Waals surface area contributed by atoms with E-state index in [2.05, 4.69) is 4.98 Å². The maximum Gasteiger partial charge on any atom is 0.257 e. The van der Waals surface area contributed by atoms with Crippen molar-refractivity contribution in [1.29, 1.82) is 0 Å². The van der Waals surface area contributed by atoms with Crippen molar-refractivity contribution >= 4 is 23.2 Å². The topological polar surface area (TPSA) is 66.7 Å². The third-order valence-electron chi connectivity index (χ3n) is 5.17. The molecule has 2 aromatic heterocycles. The summed E-state index contributed by atoms with van der Waals surface area (Å²) in [6.45, 7) is 5.26. The van der Waals surface area contributed by atoms with Crippen molar-refractivity contribution in [3.63, 3.8) is 0 Å². The number of thiazole rings is 1. The van der Waals surface area contributed by atoms with Gasteiger partial charge in [0.1, 0.15) is 11.5 Å². The number of carbonyl (C=O) groups excluding carboxylic acids is 2. The minimum Gasteiger partial charge on any atom is -0.466 e. The summed E-state index contributed by atoms with van der Waals surface area (Å²) in [4.78, 5) is 33.9. The molecule has 2 bridgehead atoms. The summed E-state index contributed by atoms with van der Waals surface area (Å²) in [5.41, 5.74) is 3.32. The van der Waals surface area contributed by atoms with Crippen molar-refractivity contribution in [2.24, 2.45) is 5.92 Å². The van der Waals surface area contributed by atoms with Crippen molar-refractivity contribution in [1.82, 2.24) is 14.8 Å². The van der Waals surface area contributed by atoms with Gasteiger partial charge in [0, 0.05) is 24.5 Å². The van der Waals surface area contributed by atoms with Gasteiger partial charge >= 0.3 is 0 Å². The Kier molecular flexibility index (Phi) is 4.11. The van der Waals surface area contributed by atoms with Crippen LogP contribution in [0.1, 0.15) is 40.4 Å². The predicted molar refractivity (Wildman–Crippen MR) is 93.3 cm³/mol. The highest BCUT2D eigenvalue weighted by molar-refractivity contribution is 7.07. The van der Waals surface area contributed by atoms with Crippen molar-refractivity contribution in [3.8, 4) is 0 Å². The summed E-state index contributed by atoms with van der Waals surface area (Å²) in [5.74, 6) is 1.38. The van der Waals surface area contributed by atoms with E-state index in [-0.39, 0.29) is 23.8 Å². The number of hydrogen-bond acceptors (Lipinski definition) is 5. The van der Waals surface area contributed by atoms with Crippen LogP contribution < -0.4 is 0 Å². The van der Waals surface area contributed by atoms with Crippen molar-refractivity contribution in [2.75, 3.05) is 13.1 Å². The maximum atomic E-state index is 13.0. The fourth-order valence-corrected chi connectivity index (χ4v) is 4.47.